The van der Waals surface area contributed by atoms with Crippen molar-refractivity contribution in [2.24, 2.45) is 0 Å². The molecule has 0 aliphatic carbocycles. The van der Waals surface area contributed by atoms with Crippen molar-refractivity contribution in [2.45, 2.75) is 283 Å². The van der Waals surface area contributed by atoms with Crippen LogP contribution in [0.3, 0.4) is 0 Å². The van der Waals surface area contributed by atoms with Crippen molar-refractivity contribution >= 4 is 25.7 Å². The number of aliphatic hydroxyl groups excluding tert-OH is 1. The molecule has 0 aromatic rings. The molecule has 0 heterocycles. The third-order valence-corrected chi connectivity index (χ3v) is 13.5. The first-order valence-electron chi connectivity index (χ1n) is 28.7. The van der Waals surface area contributed by atoms with Crippen LogP contribution in [-0.2, 0) is 32.7 Å². The van der Waals surface area contributed by atoms with Crippen LogP contribution in [0.25, 0.3) is 0 Å². The van der Waals surface area contributed by atoms with Gasteiger partial charge in [-0.3, -0.25) is 18.6 Å². The van der Waals surface area contributed by atoms with Crippen LogP contribution in [0.2, 0.25) is 0 Å². The van der Waals surface area contributed by atoms with Crippen LogP contribution in [0.5, 0.6) is 0 Å². The fraction of sp³-hybridized carbons (Fsp3) is 0.810. The summed E-state index contributed by atoms with van der Waals surface area (Å²) in [6, 6.07) is -1.55. The van der Waals surface area contributed by atoms with Gasteiger partial charge in [0.2, 0.25) is 5.91 Å². The molecule has 70 heavy (non-hydrogen) atoms. The average molecular weight is 1010 g/mol. The molecule has 3 unspecified atom stereocenters. The Labute approximate surface area is 428 Å². The van der Waals surface area contributed by atoms with E-state index in [9.17, 15) is 34.1 Å². The zero-order valence-corrected chi connectivity index (χ0v) is 45.7. The maximum absolute atomic E-state index is 12.4. The number of allylic oxidation sites excluding steroid dienone is 8. The topological polar surface area (TPSA) is 169 Å². The second-order valence-electron chi connectivity index (χ2n) is 19.5. The van der Waals surface area contributed by atoms with Gasteiger partial charge in [-0.2, -0.15) is 0 Å². The fourth-order valence-corrected chi connectivity index (χ4v) is 8.92. The van der Waals surface area contributed by atoms with Gasteiger partial charge in [-0.15, -0.1) is 0 Å². The molecule has 0 aromatic heterocycles. The molecule has 11 nitrogen and oxygen atoms in total. The van der Waals surface area contributed by atoms with Gasteiger partial charge in [-0.25, -0.2) is 9.36 Å². The molecule has 0 rings (SSSR count). The summed E-state index contributed by atoms with van der Waals surface area (Å²) < 4.78 is 27.0. The van der Waals surface area contributed by atoms with E-state index in [1.54, 1.807) is 0 Å². The number of ether oxygens (including phenoxy) is 1. The quantitative estimate of drug-likeness (QED) is 0.0199. The number of carbonyl (C=O) groups is 3. The molecular weight excluding hydrogens is 902 g/mol. The average Bonchev–Trinajstić information content (AvgIpc) is 3.34. The first kappa shape index (κ1) is 67.4. The van der Waals surface area contributed by atoms with Crippen molar-refractivity contribution in [1.82, 2.24) is 5.32 Å². The van der Waals surface area contributed by atoms with Crippen LogP contribution in [0.4, 0.5) is 0 Å². The molecule has 0 bridgehead atoms. The zero-order chi connectivity index (χ0) is 51.3. The first-order chi connectivity index (χ1) is 34.1. The Hall–Kier alpha value is -2.56. The highest BCUT2D eigenvalue weighted by molar-refractivity contribution is 7.47. The molecule has 12 heteroatoms. The number of nitrogens with one attached hydrogen (secondary N) is 1. The predicted molar refractivity (Wildman–Crippen MR) is 291 cm³/mol. The lowest BCUT2D eigenvalue weighted by Gasteiger charge is -2.18. The summed E-state index contributed by atoms with van der Waals surface area (Å²) in [5.74, 6) is -2.37. The summed E-state index contributed by atoms with van der Waals surface area (Å²) in [6.45, 7) is 2.61. The highest BCUT2D eigenvalue weighted by atomic mass is 31.2. The van der Waals surface area contributed by atoms with Crippen LogP contribution >= 0.6 is 7.82 Å². The van der Waals surface area contributed by atoms with Crippen LogP contribution in [0.1, 0.15) is 271 Å². The first-order valence-corrected chi connectivity index (χ1v) is 30.2. The van der Waals surface area contributed by atoms with Gasteiger partial charge in [0.1, 0.15) is 12.7 Å². The number of hydrogen-bond donors (Lipinski definition) is 4. The van der Waals surface area contributed by atoms with E-state index in [1.807, 2.05) is 0 Å². The van der Waals surface area contributed by atoms with E-state index in [0.717, 1.165) is 64.2 Å². The molecule has 1 amide bonds. The van der Waals surface area contributed by atoms with Gasteiger partial charge < -0.3 is 25.2 Å². The number of aliphatic carboxylic acids is 1. The molecule has 3 atom stereocenters. The van der Waals surface area contributed by atoms with E-state index in [1.165, 1.54) is 167 Å². The molecule has 0 spiro atoms. The monoisotopic (exact) mass is 1010 g/mol. The molecule has 0 fully saturated rings. The number of carboxylic acid groups (broad SMARTS) is 1. The number of amides is 1. The molecule has 0 radical (unpaired) electrons. The molecular formula is C58H106NO10P. The number of rotatable bonds is 54. The number of unbranched alkanes of at least 4 members (excludes halogenated alkanes) is 32. The number of carboxylic acids is 1. The SMILES string of the molecule is CCCCC/C=C\C/C=C\C/C=C\CCCCCCCCCCCCC(=O)NC(COP(=O)(O)OCC(O)COC(=O)CCCCCCCCCCCCCCC/C=C/CCCCCCCC)C(=O)O. The highest BCUT2D eigenvalue weighted by Crippen LogP contribution is 2.43. The van der Waals surface area contributed by atoms with Crippen molar-refractivity contribution in [3.05, 3.63) is 48.6 Å². The molecule has 0 aliphatic rings. The number of phosphoric acid groups is 1. The third-order valence-electron chi connectivity index (χ3n) is 12.6. The van der Waals surface area contributed by atoms with Gasteiger partial charge in [0.25, 0.3) is 0 Å². The molecule has 408 valence electrons. The van der Waals surface area contributed by atoms with Crippen molar-refractivity contribution in [1.29, 1.82) is 0 Å². The third kappa shape index (κ3) is 51.8. The second kappa shape index (κ2) is 52.8. The molecule has 0 saturated heterocycles. The Balaban J connectivity index is 3.77. The highest BCUT2D eigenvalue weighted by Gasteiger charge is 2.28. The van der Waals surface area contributed by atoms with Gasteiger partial charge in [-0.05, 0) is 77.0 Å². The van der Waals surface area contributed by atoms with Gasteiger partial charge in [0, 0.05) is 12.8 Å². The van der Waals surface area contributed by atoms with Crippen LogP contribution in [-0.4, -0.2) is 64.9 Å². The number of hydrogen-bond acceptors (Lipinski definition) is 8. The lowest BCUT2D eigenvalue weighted by atomic mass is 10.0. The van der Waals surface area contributed by atoms with E-state index < -0.39 is 57.6 Å². The summed E-state index contributed by atoms with van der Waals surface area (Å²) in [5.41, 5.74) is 0. The summed E-state index contributed by atoms with van der Waals surface area (Å²) in [7, 11) is -4.77. The van der Waals surface area contributed by atoms with Gasteiger partial charge in [-0.1, -0.05) is 229 Å². The van der Waals surface area contributed by atoms with Crippen molar-refractivity contribution in [3.8, 4) is 0 Å². The Morgan fingerprint density at radius 3 is 1.21 bits per heavy atom. The van der Waals surface area contributed by atoms with Crippen LogP contribution in [0, 0.1) is 0 Å². The Morgan fingerprint density at radius 2 is 0.786 bits per heavy atom. The molecule has 0 saturated carbocycles. The van der Waals surface area contributed by atoms with E-state index in [0.29, 0.717) is 12.8 Å². The Morgan fingerprint density at radius 1 is 0.457 bits per heavy atom. The number of phosphoric ester groups is 1. The van der Waals surface area contributed by atoms with Crippen LogP contribution in [0.15, 0.2) is 48.6 Å². The molecule has 0 aliphatic heterocycles. The zero-order valence-electron chi connectivity index (χ0n) is 44.8. The Bertz CT molecular complexity index is 1370. The minimum Gasteiger partial charge on any atom is -0.480 e. The van der Waals surface area contributed by atoms with Gasteiger partial charge >= 0.3 is 19.8 Å². The van der Waals surface area contributed by atoms with E-state index in [4.69, 9.17) is 13.8 Å². The molecule has 4 N–H and O–H groups in total. The number of aliphatic hydroxyl groups is 1. The summed E-state index contributed by atoms with van der Waals surface area (Å²) >= 11 is 0. The number of carbonyl (C=O) groups excluding carboxylic acids is 2. The van der Waals surface area contributed by atoms with E-state index in [-0.39, 0.29) is 12.8 Å². The lowest BCUT2D eigenvalue weighted by molar-refractivity contribution is -0.147. The lowest BCUT2D eigenvalue weighted by Crippen LogP contribution is -2.43. The minimum atomic E-state index is -4.77. The van der Waals surface area contributed by atoms with Gasteiger partial charge in [0.15, 0.2) is 6.04 Å². The summed E-state index contributed by atoms with van der Waals surface area (Å²) in [6.07, 6.45) is 62.8. The minimum absolute atomic E-state index is 0.141. The predicted octanol–water partition coefficient (Wildman–Crippen LogP) is 16.5. The second-order valence-corrected chi connectivity index (χ2v) is 20.9. The largest absolute Gasteiger partial charge is 0.480 e. The van der Waals surface area contributed by atoms with Crippen molar-refractivity contribution in [3.63, 3.8) is 0 Å². The Kier molecular flexibility index (Phi) is 50.8. The maximum atomic E-state index is 12.4. The smallest absolute Gasteiger partial charge is 0.472 e. The number of esters is 1. The van der Waals surface area contributed by atoms with E-state index in [2.05, 4.69) is 67.8 Å². The normalized spacial score (nSPS) is 13.8. The molecule has 0 aromatic carbocycles. The fourth-order valence-electron chi connectivity index (χ4n) is 8.14. The van der Waals surface area contributed by atoms with Crippen molar-refractivity contribution in [2.75, 3.05) is 19.8 Å². The van der Waals surface area contributed by atoms with Gasteiger partial charge in [0.05, 0.1) is 13.2 Å². The standard InChI is InChI=1S/C58H106NO10P/c1-3-5-7-9-11-13-15-17-19-21-23-25-27-29-31-33-35-37-39-41-43-45-47-49-56(61)59-55(58(63)64)53-69-70(65,66)68-52-54(60)51-67-57(62)50-48-46-44-42-40-38-36-34-32-30-28-26-24-22-20-18-16-14-12-10-8-6-4-2/h11,13,17-20,23,25,54-55,60H,3-10,12,14-16,21-22,24,26-53H2,1-2H3,(H,59,61)(H,63,64)(H,65,66)/b13-11-,19-17-,20-18+,25-23-. The van der Waals surface area contributed by atoms with Crippen LogP contribution < -0.4 is 5.32 Å². The summed E-state index contributed by atoms with van der Waals surface area (Å²) in [4.78, 5) is 46.3. The maximum Gasteiger partial charge on any atom is 0.472 e. The van der Waals surface area contributed by atoms with Crippen molar-refractivity contribution < 1.29 is 47.8 Å². The summed E-state index contributed by atoms with van der Waals surface area (Å²) in [5, 5.41) is 22.0. The van der Waals surface area contributed by atoms with E-state index >= 15 is 0 Å².